The molecule has 1 aromatic heterocycles. The molecule has 0 unspecified atom stereocenters. The SMILES string of the molecule is O=C1NCCN1CCNc1ccnc(C(=O)N2CCOCC2)c1. The van der Waals surface area contributed by atoms with Crippen LogP contribution in [0, 0.1) is 0 Å². The van der Waals surface area contributed by atoms with E-state index in [4.69, 9.17) is 4.74 Å². The van der Waals surface area contributed by atoms with Gasteiger partial charge in [0, 0.05) is 51.2 Å². The van der Waals surface area contributed by atoms with Gasteiger partial charge in [0.05, 0.1) is 13.2 Å². The highest BCUT2D eigenvalue weighted by atomic mass is 16.5. The number of urea groups is 1. The summed E-state index contributed by atoms with van der Waals surface area (Å²) in [7, 11) is 0. The first-order valence-corrected chi connectivity index (χ1v) is 7.84. The number of carbonyl (C=O) groups is 2. The molecule has 3 amide bonds. The summed E-state index contributed by atoms with van der Waals surface area (Å²) in [6.45, 7) is 5.03. The molecular formula is C15H21N5O3. The van der Waals surface area contributed by atoms with Gasteiger partial charge in [-0.3, -0.25) is 9.78 Å². The Hall–Kier alpha value is -2.35. The molecule has 0 aliphatic carbocycles. The maximum absolute atomic E-state index is 12.4. The van der Waals surface area contributed by atoms with Gasteiger partial charge in [0.15, 0.2) is 0 Å². The zero-order chi connectivity index (χ0) is 16.1. The van der Waals surface area contributed by atoms with E-state index >= 15 is 0 Å². The van der Waals surface area contributed by atoms with Crippen LogP contribution in [0.25, 0.3) is 0 Å². The molecule has 8 nitrogen and oxygen atoms in total. The Labute approximate surface area is 134 Å². The second-order valence-corrected chi connectivity index (χ2v) is 5.48. The summed E-state index contributed by atoms with van der Waals surface area (Å²) in [6.07, 6.45) is 1.62. The number of anilines is 1. The average molecular weight is 319 g/mol. The van der Waals surface area contributed by atoms with Crippen LogP contribution in [-0.4, -0.2) is 79.2 Å². The average Bonchev–Trinajstić information content (AvgIpc) is 3.00. The minimum atomic E-state index is -0.0733. The minimum Gasteiger partial charge on any atom is -0.383 e. The maximum atomic E-state index is 12.4. The van der Waals surface area contributed by atoms with Crippen LogP contribution in [0.1, 0.15) is 10.5 Å². The maximum Gasteiger partial charge on any atom is 0.317 e. The van der Waals surface area contributed by atoms with Crippen molar-refractivity contribution in [2.45, 2.75) is 0 Å². The Balaban J connectivity index is 1.54. The van der Waals surface area contributed by atoms with Gasteiger partial charge in [0.2, 0.25) is 0 Å². The highest BCUT2D eigenvalue weighted by Gasteiger charge is 2.20. The number of hydrogen-bond donors (Lipinski definition) is 2. The van der Waals surface area contributed by atoms with Crippen LogP contribution in [0.4, 0.5) is 10.5 Å². The number of nitrogens with zero attached hydrogens (tertiary/aromatic N) is 3. The quantitative estimate of drug-likeness (QED) is 0.797. The zero-order valence-corrected chi connectivity index (χ0v) is 13.0. The van der Waals surface area contributed by atoms with Crippen molar-refractivity contribution in [3.05, 3.63) is 24.0 Å². The molecule has 2 N–H and O–H groups in total. The van der Waals surface area contributed by atoms with Crippen molar-refractivity contribution in [2.75, 3.05) is 57.8 Å². The number of rotatable bonds is 5. The Morgan fingerprint density at radius 2 is 2.17 bits per heavy atom. The Kier molecular flexibility index (Phi) is 4.92. The molecule has 2 saturated heterocycles. The number of nitrogens with one attached hydrogen (secondary N) is 2. The van der Waals surface area contributed by atoms with E-state index in [1.54, 1.807) is 22.1 Å². The smallest absolute Gasteiger partial charge is 0.317 e. The Morgan fingerprint density at radius 1 is 1.35 bits per heavy atom. The van der Waals surface area contributed by atoms with Gasteiger partial charge in [-0.2, -0.15) is 0 Å². The van der Waals surface area contributed by atoms with E-state index in [0.29, 0.717) is 51.6 Å². The highest BCUT2D eigenvalue weighted by molar-refractivity contribution is 5.93. The normalized spacial score (nSPS) is 18.0. The van der Waals surface area contributed by atoms with Crippen LogP contribution >= 0.6 is 0 Å². The van der Waals surface area contributed by atoms with Crippen LogP contribution in [0.15, 0.2) is 18.3 Å². The van der Waals surface area contributed by atoms with Crippen LogP contribution in [-0.2, 0) is 4.74 Å². The van der Waals surface area contributed by atoms with Gasteiger partial charge in [-0.1, -0.05) is 0 Å². The third kappa shape index (κ3) is 3.89. The fourth-order valence-electron chi connectivity index (χ4n) is 2.65. The number of pyridine rings is 1. The van der Waals surface area contributed by atoms with Crippen LogP contribution in [0.2, 0.25) is 0 Å². The van der Waals surface area contributed by atoms with Crippen molar-refractivity contribution < 1.29 is 14.3 Å². The Morgan fingerprint density at radius 3 is 2.91 bits per heavy atom. The molecule has 0 spiro atoms. The summed E-state index contributed by atoms with van der Waals surface area (Å²) in [4.78, 5) is 31.5. The lowest BCUT2D eigenvalue weighted by molar-refractivity contribution is 0.0299. The number of morpholine rings is 1. The Bertz CT molecular complexity index is 574. The second kappa shape index (κ2) is 7.28. The lowest BCUT2D eigenvalue weighted by atomic mass is 10.2. The van der Waals surface area contributed by atoms with E-state index in [1.165, 1.54) is 0 Å². The van der Waals surface area contributed by atoms with Crippen molar-refractivity contribution in [3.63, 3.8) is 0 Å². The van der Waals surface area contributed by atoms with Crippen LogP contribution in [0.3, 0.4) is 0 Å². The third-order valence-electron chi connectivity index (χ3n) is 3.93. The molecule has 0 radical (unpaired) electrons. The molecule has 23 heavy (non-hydrogen) atoms. The number of amides is 3. The lowest BCUT2D eigenvalue weighted by Gasteiger charge is -2.26. The van der Waals surface area contributed by atoms with Crippen molar-refractivity contribution in [1.82, 2.24) is 20.1 Å². The van der Waals surface area contributed by atoms with Crippen molar-refractivity contribution in [3.8, 4) is 0 Å². The molecule has 2 aliphatic heterocycles. The zero-order valence-electron chi connectivity index (χ0n) is 13.0. The van der Waals surface area contributed by atoms with Gasteiger partial charge in [-0.15, -0.1) is 0 Å². The molecular weight excluding hydrogens is 298 g/mol. The summed E-state index contributed by atoms with van der Waals surface area (Å²) in [5.74, 6) is -0.0733. The highest BCUT2D eigenvalue weighted by Crippen LogP contribution is 2.11. The van der Waals surface area contributed by atoms with Gasteiger partial charge in [-0.25, -0.2) is 4.79 Å². The molecule has 0 aromatic carbocycles. The minimum absolute atomic E-state index is 0.0234. The predicted molar refractivity (Wildman–Crippen MR) is 84.4 cm³/mol. The summed E-state index contributed by atoms with van der Waals surface area (Å²) in [5, 5.41) is 6.00. The molecule has 3 heterocycles. The van der Waals surface area contributed by atoms with Gasteiger partial charge in [0.25, 0.3) is 5.91 Å². The number of hydrogen-bond acceptors (Lipinski definition) is 5. The second-order valence-electron chi connectivity index (χ2n) is 5.48. The fraction of sp³-hybridized carbons (Fsp3) is 0.533. The molecule has 2 aliphatic rings. The van der Waals surface area contributed by atoms with Gasteiger partial charge >= 0.3 is 6.03 Å². The predicted octanol–water partition coefficient (Wildman–Crippen LogP) is -0.00890. The first-order chi connectivity index (χ1) is 11.2. The van der Waals surface area contributed by atoms with Crippen molar-refractivity contribution >= 4 is 17.6 Å². The summed E-state index contributed by atoms with van der Waals surface area (Å²) in [5.41, 5.74) is 1.26. The first-order valence-electron chi connectivity index (χ1n) is 7.84. The van der Waals surface area contributed by atoms with E-state index in [9.17, 15) is 9.59 Å². The number of aromatic nitrogens is 1. The molecule has 0 saturated carbocycles. The van der Waals surface area contributed by atoms with Crippen molar-refractivity contribution in [1.29, 1.82) is 0 Å². The van der Waals surface area contributed by atoms with Gasteiger partial charge in [-0.05, 0) is 12.1 Å². The topological polar surface area (TPSA) is 86.8 Å². The fourth-order valence-corrected chi connectivity index (χ4v) is 2.65. The van der Waals surface area contributed by atoms with E-state index in [1.807, 2.05) is 6.07 Å². The standard InChI is InChI=1S/C15H21N5O3/c21-14(19-7-9-23-10-8-19)13-11-12(1-2-17-13)16-3-5-20-6-4-18-15(20)22/h1-2,11H,3-10H2,(H,16,17)(H,18,22). The van der Waals surface area contributed by atoms with E-state index in [2.05, 4.69) is 15.6 Å². The van der Waals surface area contributed by atoms with E-state index in [-0.39, 0.29) is 11.9 Å². The number of ether oxygens (including phenoxy) is 1. The summed E-state index contributed by atoms with van der Waals surface area (Å²) >= 11 is 0. The molecule has 8 heteroatoms. The monoisotopic (exact) mass is 319 g/mol. The van der Waals surface area contributed by atoms with E-state index < -0.39 is 0 Å². The number of carbonyl (C=O) groups excluding carboxylic acids is 2. The third-order valence-corrected chi connectivity index (χ3v) is 3.93. The molecule has 124 valence electrons. The largest absolute Gasteiger partial charge is 0.383 e. The van der Waals surface area contributed by atoms with Crippen LogP contribution < -0.4 is 10.6 Å². The lowest BCUT2D eigenvalue weighted by Crippen LogP contribution is -2.41. The molecule has 1 aromatic rings. The first kappa shape index (κ1) is 15.5. The van der Waals surface area contributed by atoms with Gasteiger partial charge in [0.1, 0.15) is 5.69 Å². The van der Waals surface area contributed by atoms with Crippen LogP contribution in [0.5, 0.6) is 0 Å². The summed E-state index contributed by atoms with van der Waals surface area (Å²) < 4.78 is 5.26. The van der Waals surface area contributed by atoms with Crippen molar-refractivity contribution in [2.24, 2.45) is 0 Å². The van der Waals surface area contributed by atoms with Gasteiger partial charge < -0.3 is 25.2 Å². The molecule has 0 bridgehead atoms. The summed E-state index contributed by atoms with van der Waals surface area (Å²) in [6, 6.07) is 3.55. The molecule has 2 fully saturated rings. The molecule has 0 atom stereocenters. The van der Waals surface area contributed by atoms with E-state index in [0.717, 1.165) is 12.2 Å². The molecule has 3 rings (SSSR count).